The lowest BCUT2D eigenvalue weighted by atomic mass is 10.1. The number of carbonyl (C=O) groups is 1. The summed E-state index contributed by atoms with van der Waals surface area (Å²) in [4.78, 5) is 18.8. The zero-order valence-corrected chi connectivity index (χ0v) is 12.3. The molecule has 1 saturated heterocycles. The lowest BCUT2D eigenvalue weighted by Gasteiger charge is -2.30. The van der Waals surface area contributed by atoms with Crippen LogP contribution in [0, 0.1) is 0 Å². The first-order valence-electron chi connectivity index (χ1n) is 7.20. The zero-order chi connectivity index (χ0) is 14.8. The molecule has 1 aliphatic heterocycles. The Bertz CT molecular complexity index is 522. The number of hydrogen-bond acceptors (Lipinski definition) is 5. The Hall–Kier alpha value is -1.66. The zero-order valence-electron chi connectivity index (χ0n) is 12.3. The van der Waals surface area contributed by atoms with Crippen LogP contribution < -0.4 is 4.74 Å². The standard InChI is InChI=1S/C15H20N2O4/c1-19-13-11-5-6-12(13)21-9-8-17(11)15(18)10-4-3-7-16-14(10)20-2/h3-4,7,11-13H,5-6,8-9H2,1-2H3. The SMILES string of the molecule is COc1ncccc1C(=O)N1CCOC2CCC1C2OC. The fourth-order valence-corrected chi connectivity index (χ4v) is 3.32. The Labute approximate surface area is 124 Å². The van der Waals surface area contributed by atoms with Gasteiger partial charge in [0.1, 0.15) is 11.7 Å². The van der Waals surface area contributed by atoms with Gasteiger partial charge in [-0.15, -0.1) is 0 Å². The van der Waals surface area contributed by atoms with E-state index in [9.17, 15) is 4.79 Å². The van der Waals surface area contributed by atoms with Gasteiger partial charge in [-0.25, -0.2) is 4.98 Å². The summed E-state index contributed by atoms with van der Waals surface area (Å²) in [5.74, 6) is 0.286. The first kappa shape index (κ1) is 14.3. The number of ether oxygens (including phenoxy) is 3. The summed E-state index contributed by atoms with van der Waals surface area (Å²) in [7, 11) is 3.20. The summed E-state index contributed by atoms with van der Waals surface area (Å²) in [6.07, 6.45) is 3.48. The molecule has 1 aromatic rings. The van der Waals surface area contributed by atoms with E-state index in [0.29, 0.717) is 24.6 Å². The maximum Gasteiger partial charge on any atom is 0.259 e. The maximum absolute atomic E-state index is 12.9. The Morgan fingerprint density at radius 3 is 3.05 bits per heavy atom. The molecule has 1 saturated carbocycles. The van der Waals surface area contributed by atoms with Crippen molar-refractivity contribution in [3.63, 3.8) is 0 Å². The molecular weight excluding hydrogens is 272 g/mol. The summed E-state index contributed by atoms with van der Waals surface area (Å²) in [6.45, 7) is 1.10. The first-order chi connectivity index (χ1) is 10.3. The molecule has 114 valence electrons. The largest absolute Gasteiger partial charge is 0.480 e. The van der Waals surface area contributed by atoms with Gasteiger partial charge in [0.15, 0.2) is 0 Å². The number of carbonyl (C=O) groups excluding carboxylic acids is 1. The van der Waals surface area contributed by atoms with Crippen molar-refractivity contribution in [2.75, 3.05) is 27.4 Å². The highest BCUT2D eigenvalue weighted by molar-refractivity contribution is 5.96. The number of fused-ring (bicyclic) bond motifs is 2. The smallest absolute Gasteiger partial charge is 0.259 e. The van der Waals surface area contributed by atoms with Crippen molar-refractivity contribution in [2.24, 2.45) is 0 Å². The van der Waals surface area contributed by atoms with Gasteiger partial charge in [0.25, 0.3) is 5.91 Å². The molecule has 2 heterocycles. The molecule has 3 unspecified atom stereocenters. The van der Waals surface area contributed by atoms with Crippen molar-refractivity contribution in [1.29, 1.82) is 0 Å². The first-order valence-corrected chi connectivity index (χ1v) is 7.20. The molecule has 2 bridgehead atoms. The molecule has 3 rings (SSSR count). The average molecular weight is 292 g/mol. The van der Waals surface area contributed by atoms with Gasteiger partial charge in [-0.2, -0.15) is 0 Å². The predicted octanol–water partition coefficient (Wildman–Crippen LogP) is 1.11. The van der Waals surface area contributed by atoms with Crippen LogP contribution in [0.3, 0.4) is 0 Å². The van der Waals surface area contributed by atoms with Crippen molar-refractivity contribution < 1.29 is 19.0 Å². The highest BCUT2D eigenvalue weighted by atomic mass is 16.5. The lowest BCUT2D eigenvalue weighted by Crippen LogP contribution is -2.46. The molecule has 1 aliphatic carbocycles. The van der Waals surface area contributed by atoms with Gasteiger partial charge in [0.05, 0.1) is 25.9 Å². The maximum atomic E-state index is 12.9. The molecule has 6 heteroatoms. The molecule has 2 aliphatic rings. The van der Waals surface area contributed by atoms with E-state index in [1.807, 2.05) is 4.90 Å². The van der Waals surface area contributed by atoms with Crippen LogP contribution in [0.2, 0.25) is 0 Å². The molecule has 2 fully saturated rings. The molecule has 0 spiro atoms. The highest BCUT2D eigenvalue weighted by Crippen LogP contribution is 2.33. The van der Waals surface area contributed by atoms with Crippen molar-refractivity contribution in [3.05, 3.63) is 23.9 Å². The van der Waals surface area contributed by atoms with Crippen LogP contribution in [0.4, 0.5) is 0 Å². The fourth-order valence-electron chi connectivity index (χ4n) is 3.32. The summed E-state index contributed by atoms with van der Waals surface area (Å²) < 4.78 is 16.6. The van der Waals surface area contributed by atoms with E-state index in [2.05, 4.69) is 4.98 Å². The van der Waals surface area contributed by atoms with Crippen LogP contribution in [0.15, 0.2) is 18.3 Å². The second-order valence-electron chi connectivity index (χ2n) is 5.31. The van der Waals surface area contributed by atoms with E-state index in [-0.39, 0.29) is 24.2 Å². The summed E-state index contributed by atoms with van der Waals surface area (Å²) >= 11 is 0. The van der Waals surface area contributed by atoms with E-state index in [1.165, 1.54) is 7.11 Å². The van der Waals surface area contributed by atoms with Crippen LogP contribution in [0.1, 0.15) is 23.2 Å². The third-order valence-corrected chi connectivity index (χ3v) is 4.29. The van der Waals surface area contributed by atoms with Crippen LogP contribution in [-0.4, -0.2) is 61.4 Å². The van der Waals surface area contributed by atoms with E-state index in [1.54, 1.807) is 25.4 Å². The minimum Gasteiger partial charge on any atom is -0.480 e. The third kappa shape index (κ3) is 2.49. The fraction of sp³-hybridized carbons (Fsp3) is 0.600. The monoisotopic (exact) mass is 292 g/mol. The van der Waals surface area contributed by atoms with Crippen LogP contribution in [-0.2, 0) is 9.47 Å². The molecule has 1 aromatic heterocycles. The molecule has 6 nitrogen and oxygen atoms in total. The van der Waals surface area contributed by atoms with Crippen molar-refractivity contribution in [2.45, 2.75) is 31.1 Å². The number of rotatable bonds is 3. The summed E-state index contributed by atoms with van der Waals surface area (Å²) in [5.41, 5.74) is 0.486. The Morgan fingerprint density at radius 2 is 2.29 bits per heavy atom. The van der Waals surface area contributed by atoms with Gasteiger partial charge in [0, 0.05) is 19.9 Å². The number of hydrogen-bond donors (Lipinski definition) is 0. The molecule has 3 atom stereocenters. The highest BCUT2D eigenvalue weighted by Gasteiger charge is 2.44. The number of methoxy groups -OCH3 is 2. The van der Waals surface area contributed by atoms with Gasteiger partial charge < -0.3 is 19.1 Å². The van der Waals surface area contributed by atoms with E-state index in [4.69, 9.17) is 14.2 Å². The second-order valence-corrected chi connectivity index (χ2v) is 5.31. The predicted molar refractivity (Wildman–Crippen MR) is 75.4 cm³/mol. The van der Waals surface area contributed by atoms with Gasteiger partial charge in [-0.3, -0.25) is 4.79 Å². The second kappa shape index (κ2) is 5.99. The van der Waals surface area contributed by atoms with Crippen LogP contribution >= 0.6 is 0 Å². The molecule has 21 heavy (non-hydrogen) atoms. The minimum absolute atomic E-state index is 0.0555. The molecular formula is C15H20N2O4. The Kier molecular flexibility index (Phi) is 4.07. The molecule has 1 amide bonds. The number of nitrogens with zero attached hydrogens (tertiary/aromatic N) is 2. The minimum atomic E-state index is -0.0712. The number of pyridine rings is 1. The molecule has 0 aromatic carbocycles. The van der Waals surface area contributed by atoms with Crippen molar-refractivity contribution >= 4 is 5.91 Å². The van der Waals surface area contributed by atoms with Crippen molar-refractivity contribution in [3.8, 4) is 5.88 Å². The van der Waals surface area contributed by atoms with Gasteiger partial charge in [-0.1, -0.05) is 0 Å². The lowest BCUT2D eigenvalue weighted by molar-refractivity contribution is -0.0316. The van der Waals surface area contributed by atoms with Gasteiger partial charge in [-0.05, 0) is 25.0 Å². The average Bonchev–Trinajstić information content (AvgIpc) is 2.82. The number of amides is 1. The quantitative estimate of drug-likeness (QED) is 0.835. The van der Waals surface area contributed by atoms with Crippen molar-refractivity contribution in [1.82, 2.24) is 9.88 Å². The topological polar surface area (TPSA) is 60.9 Å². The van der Waals surface area contributed by atoms with E-state index < -0.39 is 0 Å². The Morgan fingerprint density at radius 1 is 1.43 bits per heavy atom. The summed E-state index contributed by atoms with van der Waals surface area (Å²) in [5, 5.41) is 0. The molecule has 0 N–H and O–H groups in total. The summed E-state index contributed by atoms with van der Waals surface area (Å²) in [6, 6.07) is 3.55. The Balaban J connectivity index is 1.89. The van der Waals surface area contributed by atoms with Gasteiger partial charge in [0.2, 0.25) is 5.88 Å². The molecule has 0 radical (unpaired) electrons. The number of aromatic nitrogens is 1. The van der Waals surface area contributed by atoms with Crippen LogP contribution in [0.25, 0.3) is 0 Å². The van der Waals surface area contributed by atoms with Gasteiger partial charge >= 0.3 is 0 Å². The third-order valence-electron chi connectivity index (χ3n) is 4.29. The van der Waals surface area contributed by atoms with E-state index >= 15 is 0 Å². The normalized spacial score (nSPS) is 28.3. The van der Waals surface area contributed by atoms with Crippen LogP contribution in [0.5, 0.6) is 5.88 Å². The van der Waals surface area contributed by atoms with E-state index in [0.717, 1.165) is 12.8 Å².